The number of nitrogens with one attached hydrogen (secondary N) is 1. The predicted octanol–water partition coefficient (Wildman–Crippen LogP) is 3.78. The molecule has 0 radical (unpaired) electrons. The van der Waals surface area contributed by atoms with E-state index < -0.39 is 6.04 Å². The molecule has 2 heterocycles. The Kier molecular flexibility index (Phi) is 4.32. The van der Waals surface area contributed by atoms with Gasteiger partial charge in [0.2, 0.25) is 5.12 Å². The Balaban J connectivity index is 1.60. The van der Waals surface area contributed by atoms with E-state index in [4.69, 9.17) is 0 Å². The van der Waals surface area contributed by atoms with Crippen molar-refractivity contribution in [1.82, 2.24) is 9.88 Å². The molecule has 0 bridgehead atoms. The van der Waals surface area contributed by atoms with Gasteiger partial charge in [0.1, 0.15) is 6.04 Å². The lowest BCUT2D eigenvalue weighted by Crippen LogP contribution is -2.30. The summed E-state index contributed by atoms with van der Waals surface area (Å²) in [6, 6.07) is 18.2. The van der Waals surface area contributed by atoms with Gasteiger partial charge >= 0.3 is 0 Å². The van der Waals surface area contributed by atoms with Crippen molar-refractivity contribution in [1.29, 1.82) is 0 Å². The van der Waals surface area contributed by atoms with Gasteiger partial charge in [0.05, 0.1) is 0 Å². The van der Waals surface area contributed by atoms with Crippen LogP contribution in [-0.2, 0) is 24.2 Å². The number of carbonyl (C=O) groups excluding carboxylic acids is 2. The Hall–Kier alpha value is -2.53. The van der Waals surface area contributed by atoms with Gasteiger partial charge in [0, 0.05) is 41.8 Å². The van der Waals surface area contributed by atoms with Crippen LogP contribution in [0.4, 0.5) is 4.79 Å². The normalized spacial score (nSPS) is 17.2. The molecule has 25 heavy (non-hydrogen) atoms. The lowest BCUT2D eigenvalue weighted by molar-refractivity contribution is -0.112. The third kappa shape index (κ3) is 3.33. The Morgan fingerprint density at radius 1 is 1.00 bits per heavy atom. The zero-order valence-electron chi connectivity index (χ0n) is 13.6. The smallest absolute Gasteiger partial charge is 0.287 e. The van der Waals surface area contributed by atoms with Crippen LogP contribution in [0.3, 0.4) is 0 Å². The summed E-state index contributed by atoms with van der Waals surface area (Å²) in [5, 5.41) is 3.56. The molecule has 1 N–H and O–H groups in total. The summed E-state index contributed by atoms with van der Waals surface area (Å²) in [6.07, 6.45) is 3.61. The number of aryl methyl sites for hydroxylation is 2. The van der Waals surface area contributed by atoms with Crippen molar-refractivity contribution in [2.45, 2.75) is 25.4 Å². The van der Waals surface area contributed by atoms with Crippen molar-refractivity contribution in [3.8, 4) is 0 Å². The molecule has 1 saturated heterocycles. The number of amides is 1. The molecule has 2 aromatic carbocycles. The van der Waals surface area contributed by atoms with Crippen LogP contribution in [0, 0.1) is 0 Å². The maximum absolute atomic E-state index is 11.9. The summed E-state index contributed by atoms with van der Waals surface area (Å²) in [5.74, 6) is 0. The van der Waals surface area contributed by atoms with Crippen LogP contribution in [0.25, 0.3) is 10.9 Å². The Morgan fingerprint density at radius 2 is 1.76 bits per heavy atom. The van der Waals surface area contributed by atoms with Gasteiger partial charge in [0.15, 0.2) is 0 Å². The highest BCUT2D eigenvalue weighted by Gasteiger charge is 2.31. The molecule has 1 atom stereocenters. The van der Waals surface area contributed by atoms with Crippen molar-refractivity contribution < 1.29 is 9.59 Å². The number of thioether (sulfide) groups is 1. The maximum atomic E-state index is 11.9. The summed E-state index contributed by atoms with van der Waals surface area (Å²) in [5.41, 5.74) is 3.57. The molecule has 0 saturated carbocycles. The zero-order valence-corrected chi connectivity index (χ0v) is 14.5. The second-order valence-corrected chi connectivity index (χ2v) is 7.19. The molecular formula is C20H18N2O2S. The molecule has 1 aromatic heterocycles. The lowest BCUT2D eigenvalue weighted by atomic mass is 10.1. The molecule has 1 amide bonds. The van der Waals surface area contributed by atoms with Crippen LogP contribution in [0.2, 0.25) is 0 Å². The SMILES string of the molecule is O=C1NC(Cc2cn(CCc3ccccc3)c3ccccc23)C(=O)S1. The van der Waals surface area contributed by atoms with Gasteiger partial charge in [-0.3, -0.25) is 9.59 Å². The first-order valence-corrected chi connectivity index (χ1v) is 9.15. The van der Waals surface area contributed by atoms with Crippen molar-refractivity contribution in [2.75, 3.05) is 0 Å². The minimum Gasteiger partial charge on any atom is -0.347 e. The fourth-order valence-corrected chi connectivity index (χ4v) is 3.98. The number of benzene rings is 2. The highest BCUT2D eigenvalue weighted by Crippen LogP contribution is 2.26. The van der Waals surface area contributed by atoms with Crippen molar-refractivity contribution >= 4 is 33.0 Å². The molecule has 1 aliphatic rings. The number of hydrogen-bond donors (Lipinski definition) is 1. The van der Waals surface area contributed by atoms with E-state index in [1.807, 2.05) is 18.2 Å². The summed E-state index contributed by atoms with van der Waals surface area (Å²) < 4.78 is 2.24. The van der Waals surface area contributed by atoms with Gasteiger partial charge in [-0.05, 0) is 23.6 Å². The van der Waals surface area contributed by atoms with E-state index in [1.54, 1.807) is 0 Å². The van der Waals surface area contributed by atoms with Gasteiger partial charge in [0.25, 0.3) is 5.24 Å². The number of fused-ring (bicyclic) bond motifs is 1. The summed E-state index contributed by atoms with van der Waals surface area (Å²) in [4.78, 5) is 23.3. The Labute approximate surface area is 150 Å². The number of aromatic nitrogens is 1. The quantitative estimate of drug-likeness (QED) is 0.762. The van der Waals surface area contributed by atoms with Gasteiger partial charge in [-0.2, -0.15) is 0 Å². The van der Waals surface area contributed by atoms with E-state index in [0.29, 0.717) is 6.42 Å². The highest BCUT2D eigenvalue weighted by molar-refractivity contribution is 8.26. The fraction of sp³-hybridized carbons (Fsp3) is 0.200. The monoisotopic (exact) mass is 350 g/mol. The molecule has 4 rings (SSSR count). The zero-order chi connectivity index (χ0) is 17.2. The summed E-state index contributed by atoms with van der Waals surface area (Å²) in [7, 11) is 0. The van der Waals surface area contributed by atoms with Crippen LogP contribution in [0.5, 0.6) is 0 Å². The molecule has 3 aromatic rings. The topological polar surface area (TPSA) is 51.1 Å². The first-order valence-electron chi connectivity index (χ1n) is 8.33. The van der Waals surface area contributed by atoms with Gasteiger partial charge < -0.3 is 9.88 Å². The Bertz CT molecular complexity index is 933. The molecule has 5 heteroatoms. The van der Waals surface area contributed by atoms with Crippen molar-refractivity contribution in [3.63, 3.8) is 0 Å². The Morgan fingerprint density at radius 3 is 2.52 bits per heavy atom. The first-order chi connectivity index (χ1) is 12.2. The van der Waals surface area contributed by atoms with Crippen LogP contribution < -0.4 is 5.32 Å². The van der Waals surface area contributed by atoms with E-state index in [-0.39, 0.29) is 10.4 Å². The van der Waals surface area contributed by atoms with E-state index in [1.165, 1.54) is 5.56 Å². The molecule has 0 spiro atoms. The van der Waals surface area contributed by atoms with Gasteiger partial charge in [-0.1, -0.05) is 48.5 Å². The van der Waals surface area contributed by atoms with E-state index in [9.17, 15) is 9.59 Å². The van der Waals surface area contributed by atoms with Gasteiger partial charge in [-0.25, -0.2) is 0 Å². The van der Waals surface area contributed by atoms with E-state index in [2.05, 4.69) is 52.5 Å². The second-order valence-electron chi connectivity index (χ2n) is 6.21. The first kappa shape index (κ1) is 16.0. The van der Waals surface area contributed by atoms with Crippen LogP contribution in [0.15, 0.2) is 60.8 Å². The summed E-state index contributed by atoms with van der Waals surface area (Å²) >= 11 is 0.772. The third-order valence-electron chi connectivity index (χ3n) is 4.55. The number of rotatable bonds is 5. The fourth-order valence-electron chi connectivity index (χ4n) is 3.31. The standard InChI is InChI=1S/C20H18N2O2S/c23-19-17(21-20(24)25-19)12-15-13-22(18-9-5-4-8-16(15)18)11-10-14-6-2-1-3-7-14/h1-9,13,17H,10-12H2,(H,21,24). The second kappa shape index (κ2) is 6.76. The van der Waals surface area contributed by atoms with Crippen LogP contribution in [-0.4, -0.2) is 21.0 Å². The lowest BCUT2D eigenvalue weighted by Gasteiger charge is -2.06. The molecular weight excluding hydrogens is 332 g/mol. The van der Waals surface area contributed by atoms with Crippen LogP contribution in [0.1, 0.15) is 11.1 Å². The molecule has 1 unspecified atom stereocenters. The van der Waals surface area contributed by atoms with Crippen molar-refractivity contribution in [3.05, 3.63) is 71.9 Å². The van der Waals surface area contributed by atoms with E-state index >= 15 is 0 Å². The van der Waals surface area contributed by atoms with Crippen molar-refractivity contribution in [2.24, 2.45) is 0 Å². The predicted molar refractivity (Wildman–Crippen MR) is 101 cm³/mol. The molecule has 1 fully saturated rings. The number of nitrogens with zero attached hydrogens (tertiary/aromatic N) is 1. The largest absolute Gasteiger partial charge is 0.347 e. The minimum atomic E-state index is -0.425. The summed E-state index contributed by atoms with van der Waals surface area (Å²) in [6.45, 7) is 0.879. The molecule has 0 aliphatic carbocycles. The number of carbonyl (C=O) groups is 2. The average molecular weight is 350 g/mol. The molecule has 1 aliphatic heterocycles. The van der Waals surface area contributed by atoms with E-state index in [0.717, 1.165) is 41.2 Å². The highest BCUT2D eigenvalue weighted by atomic mass is 32.2. The van der Waals surface area contributed by atoms with Crippen LogP contribution >= 0.6 is 11.8 Å². The third-order valence-corrected chi connectivity index (χ3v) is 5.34. The molecule has 126 valence electrons. The average Bonchev–Trinajstić information content (AvgIpc) is 3.14. The number of hydrogen-bond acceptors (Lipinski definition) is 3. The molecule has 4 nitrogen and oxygen atoms in total. The number of para-hydroxylation sites is 1. The van der Waals surface area contributed by atoms with Gasteiger partial charge in [-0.15, -0.1) is 0 Å². The maximum Gasteiger partial charge on any atom is 0.287 e. The minimum absolute atomic E-state index is 0.0916.